The van der Waals surface area contributed by atoms with E-state index in [4.69, 9.17) is 10.1 Å². The Morgan fingerprint density at radius 1 is 1.08 bits per heavy atom. The van der Waals surface area contributed by atoms with Crippen LogP contribution in [0.4, 0.5) is 5.82 Å². The number of aromatic nitrogens is 6. The fraction of sp³-hybridized carbons (Fsp3) is 0.407. The molecule has 39 heavy (non-hydrogen) atoms. The number of aryl methyl sites for hydroxylation is 1. The lowest BCUT2D eigenvalue weighted by molar-refractivity contribution is 0.222. The summed E-state index contributed by atoms with van der Waals surface area (Å²) in [5.41, 5.74) is 4.14. The molecule has 3 heterocycles. The minimum Gasteiger partial charge on any atom is -0.361 e. The molecule has 1 unspecified atom stereocenters. The van der Waals surface area contributed by atoms with Crippen molar-refractivity contribution in [2.75, 3.05) is 5.32 Å². The third kappa shape index (κ3) is 4.89. The number of anilines is 1. The highest BCUT2D eigenvalue weighted by atomic mass is 32.2. The lowest BCUT2D eigenvalue weighted by atomic mass is 9.80. The number of rotatable bonds is 8. The van der Waals surface area contributed by atoms with Crippen molar-refractivity contribution >= 4 is 27.0 Å². The van der Waals surface area contributed by atoms with Gasteiger partial charge in [0.2, 0.25) is 10.0 Å². The second kappa shape index (κ2) is 9.76. The van der Waals surface area contributed by atoms with Crippen LogP contribution in [0.15, 0.2) is 46.5 Å². The van der Waals surface area contributed by atoms with E-state index >= 15 is 0 Å². The molecule has 4 aromatic rings. The molecule has 2 saturated carbocycles. The van der Waals surface area contributed by atoms with Crippen molar-refractivity contribution in [1.29, 1.82) is 0 Å². The van der Waals surface area contributed by atoms with Crippen molar-refractivity contribution in [3.05, 3.63) is 64.1 Å². The third-order valence-electron chi connectivity index (χ3n) is 7.84. The molecule has 11 nitrogen and oxygen atoms in total. The first kappa shape index (κ1) is 25.5. The second-order valence-corrected chi connectivity index (χ2v) is 12.1. The molecule has 202 valence electrons. The summed E-state index contributed by atoms with van der Waals surface area (Å²) in [7, 11) is -3.78. The normalized spacial score (nSPS) is 16.7. The van der Waals surface area contributed by atoms with Gasteiger partial charge < -0.3 is 5.32 Å². The number of nitrogens with zero attached hydrogens (tertiary/aromatic N) is 6. The van der Waals surface area contributed by atoms with Gasteiger partial charge in [-0.15, -0.1) is 0 Å². The zero-order valence-electron chi connectivity index (χ0n) is 21.8. The first-order valence-corrected chi connectivity index (χ1v) is 14.7. The number of nitrogens with one attached hydrogen (secondary N) is 1. The van der Waals surface area contributed by atoms with E-state index in [0.717, 1.165) is 54.6 Å². The Morgan fingerprint density at radius 3 is 2.46 bits per heavy atom. The van der Waals surface area contributed by atoms with Gasteiger partial charge in [0.1, 0.15) is 11.8 Å². The molecule has 0 amide bonds. The molecule has 0 aliphatic heterocycles. The molecule has 2 aliphatic rings. The number of primary sulfonamides is 1. The van der Waals surface area contributed by atoms with Crippen LogP contribution in [0.25, 0.3) is 22.6 Å². The van der Waals surface area contributed by atoms with Crippen LogP contribution in [0.1, 0.15) is 67.9 Å². The van der Waals surface area contributed by atoms with E-state index in [1.165, 1.54) is 12.1 Å². The van der Waals surface area contributed by atoms with Crippen LogP contribution >= 0.6 is 0 Å². The van der Waals surface area contributed by atoms with Gasteiger partial charge in [0.15, 0.2) is 17.3 Å². The van der Waals surface area contributed by atoms with Gasteiger partial charge in [-0.2, -0.15) is 0 Å². The van der Waals surface area contributed by atoms with E-state index in [-0.39, 0.29) is 28.9 Å². The molecule has 0 saturated heterocycles. The first-order valence-electron chi connectivity index (χ1n) is 13.2. The van der Waals surface area contributed by atoms with Gasteiger partial charge in [0.25, 0.3) is 5.56 Å². The van der Waals surface area contributed by atoms with Crippen molar-refractivity contribution in [2.45, 2.75) is 69.4 Å². The Morgan fingerprint density at radius 2 is 1.82 bits per heavy atom. The average molecular weight is 547 g/mol. The molecule has 1 atom stereocenters. The fourth-order valence-electron chi connectivity index (χ4n) is 5.17. The average Bonchev–Trinajstić information content (AvgIpc) is 3.71. The highest BCUT2D eigenvalue weighted by Gasteiger charge is 2.31. The minimum absolute atomic E-state index is 0.0311. The molecule has 0 spiro atoms. The monoisotopic (exact) mass is 546 g/mol. The van der Waals surface area contributed by atoms with Crippen molar-refractivity contribution < 1.29 is 8.42 Å². The molecule has 2 aliphatic carbocycles. The molecule has 0 radical (unpaired) electrons. The van der Waals surface area contributed by atoms with Crippen molar-refractivity contribution in [3.63, 3.8) is 0 Å². The van der Waals surface area contributed by atoms with Gasteiger partial charge in [0.05, 0.1) is 28.0 Å². The number of fused-ring (bicyclic) bond motifs is 1. The lowest BCUT2D eigenvalue weighted by Gasteiger charge is -2.33. The summed E-state index contributed by atoms with van der Waals surface area (Å²) in [6.45, 7) is 4.27. The Balaban J connectivity index is 1.41. The van der Waals surface area contributed by atoms with Crippen LogP contribution < -0.4 is 16.0 Å². The fourth-order valence-corrected chi connectivity index (χ4v) is 5.68. The number of nitrogens with two attached hydrogens (primary N) is 1. The number of hydrogen-bond acceptors (Lipinski definition) is 9. The van der Waals surface area contributed by atoms with E-state index in [9.17, 15) is 13.2 Å². The van der Waals surface area contributed by atoms with Crippen molar-refractivity contribution in [3.8, 4) is 11.4 Å². The maximum absolute atomic E-state index is 13.8. The van der Waals surface area contributed by atoms with Crippen LogP contribution in [-0.4, -0.2) is 37.9 Å². The number of benzene rings is 1. The molecule has 1 aromatic carbocycles. The Bertz CT molecular complexity index is 1730. The van der Waals surface area contributed by atoms with E-state index in [1.54, 1.807) is 29.2 Å². The van der Waals surface area contributed by atoms with Crippen molar-refractivity contribution in [1.82, 2.24) is 29.5 Å². The molecule has 3 N–H and O–H groups in total. The molecular formula is C27H30N8O3S. The quantitative estimate of drug-likeness (QED) is 0.337. The van der Waals surface area contributed by atoms with Crippen LogP contribution in [-0.2, 0) is 16.6 Å². The summed E-state index contributed by atoms with van der Waals surface area (Å²) in [5, 5.41) is 8.33. The highest BCUT2D eigenvalue weighted by molar-refractivity contribution is 7.89. The van der Waals surface area contributed by atoms with Crippen LogP contribution in [0.3, 0.4) is 0 Å². The largest absolute Gasteiger partial charge is 0.361 e. The smallest absolute Gasteiger partial charge is 0.295 e. The van der Waals surface area contributed by atoms with E-state index in [2.05, 4.69) is 32.2 Å². The lowest BCUT2D eigenvalue weighted by Crippen LogP contribution is -2.33. The van der Waals surface area contributed by atoms with Crippen LogP contribution in [0.2, 0.25) is 0 Å². The van der Waals surface area contributed by atoms with Gasteiger partial charge in [-0.05, 0) is 63.1 Å². The molecule has 6 rings (SSSR count). The summed E-state index contributed by atoms with van der Waals surface area (Å²) in [4.78, 5) is 37.0. The second-order valence-electron chi connectivity index (χ2n) is 10.5. The van der Waals surface area contributed by atoms with Crippen molar-refractivity contribution in [2.24, 2.45) is 11.1 Å². The zero-order chi connectivity index (χ0) is 27.3. The molecule has 2 fully saturated rings. The summed E-state index contributed by atoms with van der Waals surface area (Å²) in [5.74, 6) is 1.47. The van der Waals surface area contributed by atoms with Crippen LogP contribution in [0.5, 0.6) is 0 Å². The summed E-state index contributed by atoms with van der Waals surface area (Å²) >= 11 is 0. The standard InChI is InChI=1S/C27H30N8O3S/c1-15-22(23(19-8-9-19)32-14-31-15)24-30-13-21-26(34-24)35(16(2)18-4-3-5-18)27(36)25(33-21)29-12-17-6-10-20(11-7-17)39(28,37)38/h6-7,10-11,13-14,16,18-19H,3-5,8-9,12H2,1-2H3,(H,29,33)(H2,28,37,38). The SMILES string of the molecule is Cc1ncnc(C2CC2)c1-c1ncc2nc(NCc3ccc(S(N)(=O)=O)cc3)c(=O)n(C(C)C3CCC3)c2n1. The Labute approximate surface area is 226 Å². The van der Waals surface area contributed by atoms with E-state index in [0.29, 0.717) is 28.8 Å². The minimum atomic E-state index is -3.78. The molecular weight excluding hydrogens is 516 g/mol. The van der Waals surface area contributed by atoms with E-state index < -0.39 is 10.0 Å². The predicted octanol–water partition coefficient (Wildman–Crippen LogP) is 3.45. The maximum Gasteiger partial charge on any atom is 0.295 e. The topological polar surface area (TPSA) is 159 Å². The third-order valence-corrected chi connectivity index (χ3v) is 8.77. The zero-order valence-corrected chi connectivity index (χ0v) is 22.6. The molecule has 3 aromatic heterocycles. The summed E-state index contributed by atoms with van der Waals surface area (Å²) in [6.07, 6.45) is 8.69. The molecule has 0 bridgehead atoms. The first-order chi connectivity index (χ1) is 18.7. The predicted molar refractivity (Wildman–Crippen MR) is 147 cm³/mol. The van der Waals surface area contributed by atoms with Gasteiger partial charge in [-0.25, -0.2) is 38.5 Å². The van der Waals surface area contributed by atoms with Gasteiger partial charge in [-0.1, -0.05) is 18.6 Å². The summed E-state index contributed by atoms with van der Waals surface area (Å²) < 4.78 is 24.9. The Hall–Kier alpha value is -3.77. The summed E-state index contributed by atoms with van der Waals surface area (Å²) in [6, 6.07) is 6.13. The molecule has 12 heteroatoms. The van der Waals surface area contributed by atoms with E-state index in [1.807, 2.05) is 6.92 Å². The van der Waals surface area contributed by atoms with Gasteiger partial charge in [-0.3, -0.25) is 9.36 Å². The Kier molecular flexibility index (Phi) is 6.38. The number of sulfonamides is 1. The number of hydrogen-bond donors (Lipinski definition) is 2. The van der Waals surface area contributed by atoms with Crippen LogP contribution in [0, 0.1) is 12.8 Å². The van der Waals surface area contributed by atoms with Gasteiger partial charge in [0, 0.05) is 18.5 Å². The highest BCUT2D eigenvalue weighted by Crippen LogP contribution is 2.43. The van der Waals surface area contributed by atoms with Gasteiger partial charge >= 0.3 is 0 Å². The maximum atomic E-state index is 13.8.